The van der Waals surface area contributed by atoms with Crippen LogP contribution in [0.1, 0.15) is 27.5 Å². The summed E-state index contributed by atoms with van der Waals surface area (Å²) in [6.45, 7) is 4.03. The van der Waals surface area contributed by atoms with Crippen molar-refractivity contribution >= 4 is 17.4 Å². The zero-order chi connectivity index (χ0) is 23.5. The smallest absolute Gasteiger partial charge is 0.280 e. The quantitative estimate of drug-likeness (QED) is 0.440. The third-order valence-electron chi connectivity index (χ3n) is 5.10. The highest BCUT2D eigenvalue weighted by Gasteiger charge is 2.21. The van der Waals surface area contributed by atoms with Gasteiger partial charge in [0.15, 0.2) is 11.5 Å². The normalized spacial score (nSPS) is 10.8. The number of hydrogen-bond acceptors (Lipinski definition) is 8. The average molecular weight is 448 g/mol. The van der Waals surface area contributed by atoms with E-state index in [0.717, 1.165) is 11.1 Å². The Bertz CT molecular complexity index is 1310. The lowest BCUT2D eigenvalue weighted by molar-refractivity contribution is 0.102. The number of anilines is 2. The van der Waals surface area contributed by atoms with Crippen LogP contribution < -0.4 is 20.5 Å². The number of rotatable bonds is 7. The number of nitrogen functional groups attached to an aromatic ring is 1. The molecule has 0 bridgehead atoms. The first-order chi connectivity index (χ1) is 15.9. The Kier molecular flexibility index (Phi) is 5.99. The van der Waals surface area contributed by atoms with Gasteiger partial charge in [0.25, 0.3) is 5.91 Å². The standard InChI is InChI=1S/C23H24N6O4/c1-13-6-5-7-15(10-13)23-26-18(14(2)33-23)12-29-21(24)20(27-28-29)22(30)25-17-9-8-16(31-3)11-19(17)32-4/h5-11H,12,24H2,1-4H3,(H,25,30). The summed E-state index contributed by atoms with van der Waals surface area (Å²) in [5.74, 6) is 1.78. The van der Waals surface area contributed by atoms with E-state index in [4.69, 9.17) is 19.6 Å². The van der Waals surface area contributed by atoms with Crippen LogP contribution in [0.3, 0.4) is 0 Å². The van der Waals surface area contributed by atoms with Gasteiger partial charge in [-0.1, -0.05) is 22.9 Å². The molecule has 0 unspecified atom stereocenters. The summed E-state index contributed by atoms with van der Waals surface area (Å²) in [7, 11) is 3.05. The molecule has 0 radical (unpaired) electrons. The molecule has 0 spiro atoms. The van der Waals surface area contributed by atoms with Gasteiger partial charge in [0.1, 0.15) is 23.0 Å². The van der Waals surface area contributed by atoms with E-state index in [1.165, 1.54) is 11.8 Å². The number of nitrogens with one attached hydrogen (secondary N) is 1. The third kappa shape index (κ3) is 4.49. The van der Waals surface area contributed by atoms with Gasteiger partial charge in [-0.2, -0.15) is 0 Å². The first-order valence-corrected chi connectivity index (χ1v) is 10.1. The number of nitrogens with two attached hydrogens (primary N) is 1. The number of benzene rings is 2. The van der Waals surface area contributed by atoms with Gasteiger partial charge in [-0.3, -0.25) is 4.79 Å². The number of carbonyl (C=O) groups excluding carboxylic acids is 1. The molecule has 2 aromatic carbocycles. The summed E-state index contributed by atoms with van der Waals surface area (Å²) in [4.78, 5) is 17.4. The maximum absolute atomic E-state index is 12.8. The van der Waals surface area contributed by atoms with Gasteiger partial charge in [0.05, 0.1) is 26.5 Å². The second-order valence-corrected chi connectivity index (χ2v) is 7.39. The molecule has 0 saturated carbocycles. The number of methoxy groups -OCH3 is 2. The summed E-state index contributed by atoms with van der Waals surface area (Å²) in [6.07, 6.45) is 0. The zero-order valence-electron chi connectivity index (χ0n) is 18.7. The Labute approximate surface area is 190 Å². The fraction of sp³-hybridized carbons (Fsp3) is 0.217. The van der Waals surface area contributed by atoms with E-state index in [0.29, 0.717) is 34.5 Å². The van der Waals surface area contributed by atoms with Gasteiger partial charge < -0.3 is 24.9 Å². The van der Waals surface area contributed by atoms with E-state index in [-0.39, 0.29) is 18.1 Å². The van der Waals surface area contributed by atoms with Crippen molar-refractivity contribution in [1.82, 2.24) is 20.0 Å². The monoisotopic (exact) mass is 448 g/mol. The molecule has 4 rings (SSSR count). The molecule has 4 aromatic rings. The SMILES string of the molecule is COc1ccc(NC(=O)c2nnn(Cc3nc(-c4cccc(C)c4)oc3C)c2N)c(OC)c1. The molecule has 3 N–H and O–H groups in total. The van der Waals surface area contributed by atoms with Crippen LogP contribution in [0.4, 0.5) is 11.5 Å². The highest BCUT2D eigenvalue weighted by Crippen LogP contribution is 2.30. The fourth-order valence-electron chi connectivity index (χ4n) is 3.30. The van der Waals surface area contributed by atoms with Gasteiger partial charge in [-0.25, -0.2) is 9.67 Å². The zero-order valence-corrected chi connectivity index (χ0v) is 18.7. The molecule has 2 heterocycles. The molecule has 0 aliphatic heterocycles. The molecule has 0 aliphatic rings. The molecule has 170 valence electrons. The topological polar surface area (TPSA) is 130 Å². The predicted molar refractivity (Wildman–Crippen MR) is 122 cm³/mol. The number of ether oxygens (including phenoxy) is 2. The van der Waals surface area contributed by atoms with Crippen molar-refractivity contribution in [2.24, 2.45) is 0 Å². The molecule has 10 nitrogen and oxygen atoms in total. The Morgan fingerprint density at radius 3 is 2.70 bits per heavy atom. The molecular weight excluding hydrogens is 424 g/mol. The molecule has 0 saturated heterocycles. The Balaban J connectivity index is 1.53. The number of amides is 1. The second kappa shape index (κ2) is 9.03. The lowest BCUT2D eigenvalue weighted by atomic mass is 10.1. The van der Waals surface area contributed by atoms with Crippen molar-refractivity contribution in [2.45, 2.75) is 20.4 Å². The van der Waals surface area contributed by atoms with Crippen molar-refractivity contribution < 1.29 is 18.7 Å². The first-order valence-electron chi connectivity index (χ1n) is 10.1. The molecule has 10 heteroatoms. The summed E-state index contributed by atoms with van der Waals surface area (Å²) in [6, 6.07) is 12.9. The Morgan fingerprint density at radius 2 is 1.97 bits per heavy atom. The van der Waals surface area contributed by atoms with Gasteiger partial charge in [-0.05, 0) is 38.1 Å². The van der Waals surface area contributed by atoms with E-state index in [9.17, 15) is 4.79 Å². The Hall–Kier alpha value is -4.34. The van der Waals surface area contributed by atoms with Crippen LogP contribution >= 0.6 is 0 Å². The van der Waals surface area contributed by atoms with E-state index in [1.54, 1.807) is 25.3 Å². The highest BCUT2D eigenvalue weighted by atomic mass is 16.5. The summed E-state index contributed by atoms with van der Waals surface area (Å²) >= 11 is 0. The fourth-order valence-corrected chi connectivity index (χ4v) is 3.30. The van der Waals surface area contributed by atoms with Gasteiger partial charge in [0.2, 0.25) is 5.89 Å². The van der Waals surface area contributed by atoms with Gasteiger partial charge >= 0.3 is 0 Å². The minimum Gasteiger partial charge on any atom is -0.497 e. The van der Waals surface area contributed by atoms with Gasteiger partial charge in [-0.15, -0.1) is 5.10 Å². The first kappa shape index (κ1) is 21.9. The molecule has 33 heavy (non-hydrogen) atoms. The maximum atomic E-state index is 12.8. The second-order valence-electron chi connectivity index (χ2n) is 7.39. The van der Waals surface area contributed by atoms with E-state index in [2.05, 4.69) is 20.6 Å². The molecule has 2 aromatic heterocycles. The summed E-state index contributed by atoms with van der Waals surface area (Å²) < 4.78 is 17.7. The number of carbonyl (C=O) groups is 1. The summed E-state index contributed by atoms with van der Waals surface area (Å²) in [5, 5.41) is 10.7. The average Bonchev–Trinajstić information content (AvgIpc) is 3.36. The van der Waals surface area contributed by atoms with Crippen LogP contribution in [0.25, 0.3) is 11.5 Å². The van der Waals surface area contributed by atoms with Crippen molar-refractivity contribution in [3.8, 4) is 23.0 Å². The number of aryl methyl sites for hydroxylation is 2. The molecular formula is C23H24N6O4. The van der Waals surface area contributed by atoms with Crippen LogP contribution in [0.5, 0.6) is 11.5 Å². The van der Waals surface area contributed by atoms with E-state index >= 15 is 0 Å². The highest BCUT2D eigenvalue weighted by molar-refractivity contribution is 6.06. The van der Waals surface area contributed by atoms with Crippen molar-refractivity contribution in [2.75, 3.05) is 25.3 Å². The van der Waals surface area contributed by atoms with Gasteiger partial charge in [0, 0.05) is 11.6 Å². The van der Waals surface area contributed by atoms with Crippen LogP contribution in [0.2, 0.25) is 0 Å². The largest absolute Gasteiger partial charge is 0.497 e. The number of aromatic nitrogens is 4. The van der Waals surface area contributed by atoms with E-state index < -0.39 is 5.91 Å². The molecule has 0 atom stereocenters. The van der Waals surface area contributed by atoms with Crippen molar-refractivity contribution in [1.29, 1.82) is 0 Å². The number of hydrogen-bond donors (Lipinski definition) is 2. The molecule has 0 aliphatic carbocycles. The van der Waals surface area contributed by atoms with Crippen LogP contribution in [-0.2, 0) is 6.54 Å². The van der Waals surface area contributed by atoms with Crippen molar-refractivity contribution in [3.63, 3.8) is 0 Å². The summed E-state index contributed by atoms with van der Waals surface area (Å²) in [5.41, 5.74) is 9.25. The molecule has 0 fully saturated rings. The third-order valence-corrected chi connectivity index (χ3v) is 5.10. The van der Waals surface area contributed by atoms with Crippen LogP contribution in [0.15, 0.2) is 46.9 Å². The van der Waals surface area contributed by atoms with Crippen LogP contribution in [0, 0.1) is 13.8 Å². The number of nitrogens with zero attached hydrogens (tertiary/aromatic N) is 4. The maximum Gasteiger partial charge on any atom is 0.280 e. The predicted octanol–water partition coefficient (Wildman–Crippen LogP) is 3.45. The lowest BCUT2D eigenvalue weighted by Gasteiger charge is -2.11. The Morgan fingerprint density at radius 1 is 1.15 bits per heavy atom. The van der Waals surface area contributed by atoms with Crippen molar-refractivity contribution in [3.05, 3.63) is 65.2 Å². The lowest BCUT2D eigenvalue weighted by Crippen LogP contribution is -2.16. The van der Waals surface area contributed by atoms with Crippen LogP contribution in [-0.4, -0.2) is 40.1 Å². The van der Waals surface area contributed by atoms with E-state index in [1.807, 2.05) is 38.1 Å². The minimum absolute atomic E-state index is 0.00655. The minimum atomic E-state index is -0.514. The number of oxazole rings is 1. The molecule has 1 amide bonds.